The first-order valence-corrected chi connectivity index (χ1v) is 7.21. The van der Waals surface area contributed by atoms with Gasteiger partial charge in [-0.2, -0.15) is 0 Å². The van der Waals surface area contributed by atoms with E-state index in [4.69, 9.17) is 11.5 Å². The van der Waals surface area contributed by atoms with Crippen LogP contribution in [0, 0.1) is 6.92 Å². The van der Waals surface area contributed by atoms with E-state index in [-0.39, 0.29) is 6.54 Å². The largest absolute Gasteiger partial charge is 0.368 e. The van der Waals surface area contributed by atoms with Crippen molar-refractivity contribution in [3.05, 3.63) is 66.0 Å². The summed E-state index contributed by atoms with van der Waals surface area (Å²) in [6.45, 7) is 1.89. The zero-order valence-electron chi connectivity index (χ0n) is 13.1. The summed E-state index contributed by atoms with van der Waals surface area (Å²) in [5.74, 6) is -0.986. The van der Waals surface area contributed by atoms with Crippen LogP contribution in [0.15, 0.2) is 54.9 Å². The van der Waals surface area contributed by atoms with Crippen molar-refractivity contribution in [2.75, 3.05) is 6.54 Å². The van der Waals surface area contributed by atoms with E-state index in [0.29, 0.717) is 6.42 Å². The van der Waals surface area contributed by atoms with Gasteiger partial charge in [0.25, 0.3) is 0 Å². The van der Waals surface area contributed by atoms with Crippen LogP contribution in [0.25, 0.3) is 0 Å². The van der Waals surface area contributed by atoms with Gasteiger partial charge in [0, 0.05) is 12.4 Å². The maximum atomic E-state index is 11.4. The normalized spacial score (nSPS) is 10.9. The smallest absolute Gasteiger partial charge is 0.237 e. The van der Waals surface area contributed by atoms with Gasteiger partial charge in [-0.3, -0.25) is 14.6 Å². The monoisotopic (exact) mass is 314 g/mol. The first kappa shape index (κ1) is 18.3. The van der Waals surface area contributed by atoms with Gasteiger partial charge in [0.05, 0.1) is 12.6 Å². The van der Waals surface area contributed by atoms with Crippen LogP contribution in [-0.4, -0.2) is 29.4 Å². The van der Waals surface area contributed by atoms with Crippen molar-refractivity contribution in [3.63, 3.8) is 0 Å². The lowest BCUT2D eigenvalue weighted by molar-refractivity contribution is -0.125. The molecule has 0 saturated carbocycles. The van der Waals surface area contributed by atoms with E-state index < -0.39 is 17.9 Å². The van der Waals surface area contributed by atoms with E-state index in [9.17, 15) is 9.59 Å². The van der Waals surface area contributed by atoms with E-state index in [1.165, 1.54) is 5.56 Å². The molecule has 6 heteroatoms. The molecule has 5 N–H and O–H groups in total. The molecular weight excluding hydrogens is 292 g/mol. The average Bonchev–Trinajstić information content (AvgIpc) is 2.54. The average molecular weight is 314 g/mol. The first-order chi connectivity index (χ1) is 11.0. The number of benzene rings is 1. The molecule has 0 aliphatic carbocycles. The minimum Gasteiger partial charge on any atom is -0.368 e. The van der Waals surface area contributed by atoms with Crippen LogP contribution in [0.3, 0.4) is 0 Å². The van der Waals surface area contributed by atoms with Crippen LogP contribution in [0.2, 0.25) is 0 Å². The first-order valence-electron chi connectivity index (χ1n) is 7.21. The van der Waals surface area contributed by atoms with E-state index in [2.05, 4.69) is 29.4 Å². The Morgan fingerprint density at radius 3 is 2.22 bits per heavy atom. The lowest BCUT2D eigenvalue weighted by atomic mass is 10.1. The molecule has 0 aliphatic heterocycles. The molecule has 1 unspecified atom stereocenters. The molecule has 0 fully saturated rings. The number of aromatic nitrogens is 1. The van der Waals surface area contributed by atoms with Crippen molar-refractivity contribution < 1.29 is 9.59 Å². The van der Waals surface area contributed by atoms with Gasteiger partial charge >= 0.3 is 0 Å². The maximum absolute atomic E-state index is 11.4. The van der Waals surface area contributed by atoms with Crippen molar-refractivity contribution in [1.82, 2.24) is 10.3 Å². The van der Waals surface area contributed by atoms with Crippen molar-refractivity contribution in [1.29, 1.82) is 0 Å². The van der Waals surface area contributed by atoms with Crippen LogP contribution in [0.5, 0.6) is 0 Å². The maximum Gasteiger partial charge on any atom is 0.237 e. The second-order valence-corrected chi connectivity index (χ2v) is 5.00. The summed E-state index contributed by atoms with van der Waals surface area (Å²) in [7, 11) is 0. The SMILES string of the molecule is Cc1ccccc1.NC(=O)CNC(=O)C(N)Cc1ccncc1. The van der Waals surface area contributed by atoms with Crippen molar-refractivity contribution in [2.45, 2.75) is 19.4 Å². The molecule has 0 bridgehead atoms. The summed E-state index contributed by atoms with van der Waals surface area (Å²) in [4.78, 5) is 25.7. The van der Waals surface area contributed by atoms with E-state index in [1.54, 1.807) is 24.5 Å². The molecule has 0 radical (unpaired) electrons. The number of amides is 2. The number of aryl methyl sites for hydroxylation is 1. The second-order valence-electron chi connectivity index (χ2n) is 5.00. The number of hydrogen-bond donors (Lipinski definition) is 3. The Morgan fingerprint density at radius 1 is 1.13 bits per heavy atom. The number of pyridine rings is 1. The third-order valence-corrected chi connectivity index (χ3v) is 2.92. The highest BCUT2D eigenvalue weighted by molar-refractivity contribution is 5.86. The van der Waals surface area contributed by atoms with Gasteiger partial charge in [0.1, 0.15) is 0 Å². The van der Waals surface area contributed by atoms with Gasteiger partial charge in [-0.15, -0.1) is 0 Å². The fourth-order valence-corrected chi connectivity index (χ4v) is 1.71. The highest BCUT2D eigenvalue weighted by atomic mass is 16.2. The van der Waals surface area contributed by atoms with E-state index >= 15 is 0 Å². The third kappa shape index (κ3) is 8.33. The number of rotatable bonds is 5. The molecule has 1 aromatic heterocycles. The predicted octanol–water partition coefficient (Wildman–Crippen LogP) is 0.548. The zero-order valence-corrected chi connectivity index (χ0v) is 13.1. The van der Waals surface area contributed by atoms with Gasteiger partial charge in [-0.05, 0) is 31.0 Å². The van der Waals surface area contributed by atoms with Crippen LogP contribution in [0.1, 0.15) is 11.1 Å². The minimum atomic E-state index is -0.693. The van der Waals surface area contributed by atoms with Crippen molar-refractivity contribution in [2.24, 2.45) is 11.5 Å². The predicted molar refractivity (Wildman–Crippen MR) is 89.3 cm³/mol. The highest BCUT2D eigenvalue weighted by Gasteiger charge is 2.13. The van der Waals surface area contributed by atoms with Gasteiger partial charge in [0.15, 0.2) is 0 Å². The Labute approximate surface area is 135 Å². The number of nitrogens with zero attached hydrogens (tertiary/aromatic N) is 1. The Bertz CT molecular complexity index is 603. The summed E-state index contributed by atoms with van der Waals surface area (Å²) in [6, 6.07) is 13.1. The molecule has 2 aromatic rings. The van der Waals surface area contributed by atoms with Crippen LogP contribution in [-0.2, 0) is 16.0 Å². The van der Waals surface area contributed by atoms with E-state index in [1.807, 2.05) is 18.2 Å². The van der Waals surface area contributed by atoms with Crippen molar-refractivity contribution in [3.8, 4) is 0 Å². The summed E-state index contributed by atoms with van der Waals surface area (Å²) >= 11 is 0. The molecular formula is C17H22N4O2. The molecule has 2 rings (SSSR count). The molecule has 122 valence electrons. The van der Waals surface area contributed by atoms with Gasteiger partial charge < -0.3 is 16.8 Å². The van der Waals surface area contributed by atoms with Crippen LogP contribution in [0.4, 0.5) is 0 Å². The summed E-state index contributed by atoms with van der Waals surface area (Å²) < 4.78 is 0. The standard InChI is InChI=1S/C10H14N4O2.C7H8/c11-8(10(16)14-6-9(12)15)5-7-1-3-13-4-2-7;1-7-5-3-2-4-6-7/h1-4,8H,5-6,11H2,(H2,12,15)(H,14,16);2-6H,1H3. The van der Waals surface area contributed by atoms with Gasteiger partial charge in [0.2, 0.25) is 11.8 Å². The van der Waals surface area contributed by atoms with Crippen molar-refractivity contribution >= 4 is 11.8 Å². The Balaban J connectivity index is 0.000000313. The van der Waals surface area contributed by atoms with Crippen LogP contribution >= 0.6 is 0 Å². The molecule has 0 spiro atoms. The number of carbonyl (C=O) groups excluding carboxylic acids is 2. The van der Waals surface area contributed by atoms with Crippen LogP contribution < -0.4 is 16.8 Å². The highest BCUT2D eigenvalue weighted by Crippen LogP contribution is 2.00. The summed E-state index contributed by atoms with van der Waals surface area (Å²) in [5, 5.41) is 2.35. The topological polar surface area (TPSA) is 111 Å². The quantitative estimate of drug-likeness (QED) is 0.748. The molecule has 1 aromatic carbocycles. The molecule has 6 nitrogen and oxygen atoms in total. The van der Waals surface area contributed by atoms with E-state index in [0.717, 1.165) is 5.56 Å². The lowest BCUT2D eigenvalue weighted by Gasteiger charge is -2.10. The van der Waals surface area contributed by atoms with Gasteiger partial charge in [-0.1, -0.05) is 35.9 Å². The lowest BCUT2D eigenvalue weighted by Crippen LogP contribution is -2.44. The Hall–Kier alpha value is -2.73. The number of nitrogens with two attached hydrogens (primary N) is 2. The fourth-order valence-electron chi connectivity index (χ4n) is 1.71. The fraction of sp³-hybridized carbons (Fsp3) is 0.235. The second kappa shape index (κ2) is 10.1. The zero-order chi connectivity index (χ0) is 17.1. The molecule has 1 heterocycles. The summed E-state index contributed by atoms with van der Waals surface area (Å²) in [5.41, 5.74) is 12.8. The molecule has 1 atom stereocenters. The Kier molecular flexibility index (Phi) is 8.02. The number of nitrogens with one attached hydrogen (secondary N) is 1. The molecule has 2 amide bonds. The minimum absolute atomic E-state index is 0.192. The summed E-state index contributed by atoms with van der Waals surface area (Å²) in [6.07, 6.45) is 3.65. The number of carbonyl (C=O) groups is 2. The molecule has 23 heavy (non-hydrogen) atoms. The molecule has 0 saturated heterocycles. The number of hydrogen-bond acceptors (Lipinski definition) is 4. The number of primary amides is 1. The van der Waals surface area contributed by atoms with Gasteiger partial charge in [-0.25, -0.2) is 0 Å². The Morgan fingerprint density at radius 2 is 1.74 bits per heavy atom. The molecule has 0 aliphatic rings. The third-order valence-electron chi connectivity index (χ3n) is 2.92.